The molecule has 3 aromatic carbocycles. The Bertz CT molecular complexity index is 1430. The van der Waals surface area contributed by atoms with Crippen LogP contribution in [0.5, 0.6) is 0 Å². The number of hydrogen-bond acceptors (Lipinski definition) is 3. The average molecular weight is 520 g/mol. The van der Waals surface area contributed by atoms with E-state index in [1.54, 1.807) is 18.2 Å². The minimum atomic E-state index is -1.13. The average Bonchev–Trinajstić information content (AvgIpc) is 3.12. The highest BCUT2D eigenvalue weighted by Gasteiger charge is 2.22. The van der Waals surface area contributed by atoms with Gasteiger partial charge in [-0.3, -0.25) is 19.8 Å². The molecule has 0 saturated heterocycles. The zero-order valence-corrected chi connectivity index (χ0v) is 19.3. The van der Waals surface area contributed by atoms with E-state index in [0.29, 0.717) is 31.7 Å². The van der Waals surface area contributed by atoms with Gasteiger partial charge in [0, 0.05) is 26.1 Å². The molecule has 0 aliphatic heterocycles. The third-order valence-electron chi connectivity index (χ3n) is 4.66. The lowest BCUT2D eigenvalue weighted by Crippen LogP contribution is -2.36. The topological polar surface area (TPSA) is 92.2 Å². The van der Waals surface area contributed by atoms with Crippen LogP contribution in [0.1, 0.15) is 10.5 Å². The number of nitrogens with zero attached hydrogens (tertiary/aromatic N) is 1. The first-order valence-electron chi connectivity index (χ1n) is 9.66. The highest BCUT2D eigenvalue weighted by Crippen LogP contribution is 2.26. The lowest BCUT2D eigenvalue weighted by Gasteiger charge is -2.13. The number of rotatable bonds is 4. The molecule has 34 heavy (non-hydrogen) atoms. The van der Waals surface area contributed by atoms with Crippen molar-refractivity contribution >= 4 is 74.8 Å². The van der Waals surface area contributed by atoms with Crippen molar-refractivity contribution in [2.45, 2.75) is 0 Å². The summed E-state index contributed by atoms with van der Waals surface area (Å²) in [6.45, 7) is 0. The molecule has 0 fully saturated rings. The van der Waals surface area contributed by atoms with Crippen molar-refractivity contribution in [1.29, 1.82) is 0 Å². The molecule has 0 atom stereocenters. The molecule has 11 heteroatoms. The van der Waals surface area contributed by atoms with Crippen molar-refractivity contribution in [1.82, 2.24) is 4.68 Å². The van der Waals surface area contributed by atoms with Crippen molar-refractivity contribution in [2.24, 2.45) is 0 Å². The molecule has 0 radical (unpaired) electrons. The summed E-state index contributed by atoms with van der Waals surface area (Å²) in [6, 6.07) is 16.1. The lowest BCUT2D eigenvalue weighted by molar-refractivity contribution is -0.133. The molecule has 1 heterocycles. The van der Waals surface area contributed by atoms with E-state index < -0.39 is 23.5 Å². The van der Waals surface area contributed by atoms with Gasteiger partial charge in [-0.2, -0.15) is 0 Å². The van der Waals surface area contributed by atoms with Crippen LogP contribution in [-0.2, 0) is 9.59 Å². The maximum atomic E-state index is 13.8. The highest BCUT2D eigenvalue weighted by molar-refractivity contribution is 6.42. The number of hydrogen-bond donors (Lipinski definition) is 3. The van der Waals surface area contributed by atoms with Crippen molar-refractivity contribution < 1.29 is 18.8 Å². The number of carbonyl (C=O) groups excluding carboxylic acids is 3. The zero-order chi connectivity index (χ0) is 24.4. The van der Waals surface area contributed by atoms with Gasteiger partial charge in [0.05, 0.1) is 11.2 Å². The van der Waals surface area contributed by atoms with E-state index in [1.807, 2.05) is 0 Å². The summed E-state index contributed by atoms with van der Waals surface area (Å²) in [5.41, 5.74) is 2.91. The SMILES string of the molecule is O=C(Nc1ccccc1F)C(=O)Nn1c(C(=O)Nc2cc(Cl)cc(Cl)c2)cc2cc(Cl)ccc21. The maximum absolute atomic E-state index is 13.8. The summed E-state index contributed by atoms with van der Waals surface area (Å²) < 4.78 is 15.0. The third-order valence-corrected chi connectivity index (χ3v) is 5.33. The molecule has 0 aliphatic rings. The van der Waals surface area contributed by atoms with E-state index in [4.69, 9.17) is 34.8 Å². The molecule has 0 spiro atoms. The number of anilines is 2. The maximum Gasteiger partial charge on any atom is 0.328 e. The lowest BCUT2D eigenvalue weighted by atomic mass is 10.2. The van der Waals surface area contributed by atoms with Gasteiger partial charge in [-0.05, 0) is 54.6 Å². The number of nitrogens with one attached hydrogen (secondary N) is 3. The summed E-state index contributed by atoms with van der Waals surface area (Å²) in [7, 11) is 0. The van der Waals surface area contributed by atoms with Gasteiger partial charge in [0.25, 0.3) is 5.91 Å². The van der Waals surface area contributed by atoms with Crippen LogP contribution in [0.2, 0.25) is 15.1 Å². The van der Waals surface area contributed by atoms with Gasteiger partial charge in [0.1, 0.15) is 11.5 Å². The summed E-state index contributed by atoms with van der Waals surface area (Å²) in [5, 5.41) is 6.39. The Morgan fingerprint density at radius 3 is 2.18 bits per heavy atom. The van der Waals surface area contributed by atoms with E-state index in [-0.39, 0.29) is 11.4 Å². The van der Waals surface area contributed by atoms with Crippen LogP contribution in [0.15, 0.2) is 66.7 Å². The Kier molecular flexibility index (Phi) is 6.74. The highest BCUT2D eigenvalue weighted by atomic mass is 35.5. The van der Waals surface area contributed by atoms with Crippen molar-refractivity contribution in [3.05, 3.63) is 93.3 Å². The van der Waals surface area contributed by atoms with Crippen LogP contribution in [0.25, 0.3) is 10.9 Å². The normalized spacial score (nSPS) is 10.7. The Morgan fingerprint density at radius 2 is 1.47 bits per heavy atom. The van der Waals surface area contributed by atoms with Gasteiger partial charge in [0.2, 0.25) is 0 Å². The second-order valence-corrected chi connectivity index (χ2v) is 8.36. The van der Waals surface area contributed by atoms with E-state index in [1.165, 1.54) is 42.5 Å². The van der Waals surface area contributed by atoms with Crippen LogP contribution in [-0.4, -0.2) is 22.4 Å². The summed E-state index contributed by atoms with van der Waals surface area (Å²) >= 11 is 18.0. The van der Waals surface area contributed by atoms with Crippen LogP contribution in [0.3, 0.4) is 0 Å². The number of halogens is 4. The molecule has 1 aromatic heterocycles. The minimum absolute atomic E-state index is 0.0135. The number of aromatic nitrogens is 1. The molecule has 7 nitrogen and oxygen atoms in total. The Hall–Kier alpha value is -3.59. The van der Waals surface area contributed by atoms with Crippen LogP contribution >= 0.6 is 34.8 Å². The molecular formula is C23H14Cl3FN4O3. The van der Waals surface area contributed by atoms with Crippen molar-refractivity contribution in [3.63, 3.8) is 0 Å². The quantitative estimate of drug-likeness (QED) is 0.302. The van der Waals surface area contributed by atoms with Gasteiger partial charge in [-0.15, -0.1) is 0 Å². The fourth-order valence-corrected chi connectivity index (χ4v) is 3.90. The van der Waals surface area contributed by atoms with Crippen LogP contribution < -0.4 is 16.1 Å². The van der Waals surface area contributed by atoms with Crippen LogP contribution in [0, 0.1) is 5.82 Å². The molecule has 4 rings (SSSR count). The number of para-hydroxylation sites is 1. The Labute approximate surface area is 207 Å². The molecule has 3 N–H and O–H groups in total. The molecule has 4 aromatic rings. The first kappa shape index (κ1) is 23.6. The molecular weight excluding hydrogens is 506 g/mol. The number of carbonyl (C=O) groups is 3. The first-order chi connectivity index (χ1) is 16.2. The van der Waals surface area contributed by atoms with E-state index in [2.05, 4.69) is 16.1 Å². The van der Waals surface area contributed by atoms with Crippen molar-refractivity contribution in [2.75, 3.05) is 16.1 Å². The van der Waals surface area contributed by atoms with Gasteiger partial charge >= 0.3 is 11.8 Å². The second-order valence-electron chi connectivity index (χ2n) is 7.06. The fourth-order valence-electron chi connectivity index (χ4n) is 3.19. The Morgan fingerprint density at radius 1 is 0.765 bits per heavy atom. The second kappa shape index (κ2) is 9.72. The van der Waals surface area contributed by atoms with E-state index in [0.717, 1.165) is 10.7 Å². The van der Waals surface area contributed by atoms with Gasteiger partial charge in [0.15, 0.2) is 0 Å². The predicted octanol–water partition coefficient (Wildman–Crippen LogP) is 5.70. The zero-order valence-electron chi connectivity index (χ0n) is 17.0. The molecule has 0 bridgehead atoms. The molecule has 0 unspecified atom stereocenters. The molecule has 172 valence electrons. The van der Waals surface area contributed by atoms with E-state index >= 15 is 0 Å². The standard InChI is InChI=1S/C23H14Cl3FN4O3/c24-13-5-6-19-12(7-13)8-20(21(32)28-16-10-14(25)9-15(26)11-16)31(19)30-23(34)22(33)29-18-4-2-1-3-17(18)27/h1-11H,(H,28,32)(H,29,33)(H,30,34). The molecule has 0 aliphatic carbocycles. The minimum Gasteiger partial charge on any atom is -0.321 e. The van der Waals surface area contributed by atoms with Gasteiger partial charge in [-0.1, -0.05) is 46.9 Å². The first-order valence-corrected chi connectivity index (χ1v) is 10.8. The van der Waals surface area contributed by atoms with Gasteiger partial charge < -0.3 is 10.6 Å². The van der Waals surface area contributed by atoms with Crippen LogP contribution in [0.4, 0.5) is 15.8 Å². The number of amides is 3. The molecule has 0 saturated carbocycles. The summed E-state index contributed by atoms with van der Waals surface area (Å²) in [5.74, 6) is -3.59. The summed E-state index contributed by atoms with van der Waals surface area (Å²) in [4.78, 5) is 38.0. The number of benzene rings is 3. The van der Waals surface area contributed by atoms with Crippen molar-refractivity contribution in [3.8, 4) is 0 Å². The fraction of sp³-hybridized carbons (Fsp3) is 0. The van der Waals surface area contributed by atoms with Gasteiger partial charge in [-0.25, -0.2) is 9.07 Å². The van der Waals surface area contributed by atoms with E-state index in [9.17, 15) is 18.8 Å². The monoisotopic (exact) mass is 518 g/mol. The third kappa shape index (κ3) is 5.14. The number of fused-ring (bicyclic) bond motifs is 1. The molecule has 3 amide bonds. The Balaban J connectivity index is 1.65. The predicted molar refractivity (Wildman–Crippen MR) is 131 cm³/mol. The largest absolute Gasteiger partial charge is 0.328 e. The smallest absolute Gasteiger partial charge is 0.321 e. The summed E-state index contributed by atoms with van der Waals surface area (Å²) in [6.07, 6.45) is 0.